The fourth-order valence-electron chi connectivity index (χ4n) is 2.95. The monoisotopic (exact) mass is 563 g/mol. The minimum atomic E-state index is -5.22. The maximum absolute atomic E-state index is 14.2. The Balaban J connectivity index is 1.60. The van der Waals surface area contributed by atoms with Gasteiger partial charge in [-0.2, -0.15) is 23.8 Å². The second-order valence-electron chi connectivity index (χ2n) is 7.30. The lowest BCUT2D eigenvalue weighted by Crippen LogP contribution is -2.20. The third-order valence-corrected chi connectivity index (χ3v) is 5.57. The van der Waals surface area contributed by atoms with Crippen molar-refractivity contribution in [3.63, 3.8) is 0 Å². The first kappa shape index (κ1) is 28.1. The Morgan fingerprint density at radius 1 is 1.11 bits per heavy atom. The number of rotatable bonds is 9. The third kappa shape index (κ3) is 8.25. The molecule has 0 unspecified atom stereocenters. The summed E-state index contributed by atoms with van der Waals surface area (Å²) in [5.41, 5.74) is 6.16. The van der Waals surface area contributed by atoms with Gasteiger partial charge < -0.3 is 23.8 Å². The van der Waals surface area contributed by atoms with Gasteiger partial charge in [0.25, 0.3) is 0 Å². The van der Waals surface area contributed by atoms with E-state index in [1.807, 2.05) is 0 Å². The summed E-state index contributed by atoms with van der Waals surface area (Å²) in [6, 6.07) is 7.62. The second-order valence-corrected chi connectivity index (χ2v) is 8.75. The van der Waals surface area contributed by atoms with Crippen LogP contribution in [0.15, 0.2) is 47.0 Å². The molecular weight excluding hydrogens is 547 g/mol. The van der Waals surface area contributed by atoms with E-state index in [1.165, 1.54) is 24.3 Å². The standard InChI is InChI=1S/C22H17ClF5N4O4S/c23-21-30-10-17(25)19(31-21)16-3-2-13(24)8-18(16)36-5-1-4-35-15-7-12(6-14(29)9-15)11-37(34)32-20(33)22(26,27)28/h2-3,6-10H,1,4-5,11,29H2/q-1. The van der Waals surface area contributed by atoms with Crippen LogP contribution in [-0.2, 0) is 25.4 Å². The summed E-state index contributed by atoms with van der Waals surface area (Å²) in [4.78, 5) is 18.2. The van der Waals surface area contributed by atoms with E-state index >= 15 is 0 Å². The Hall–Kier alpha value is -3.52. The molecule has 1 aromatic heterocycles. The molecule has 15 heteroatoms. The highest BCUT2D eigenvalue weighted by Gasteiger charge is 2.36. The minimum Gasteiger partial charge on any atom is -0.493 e. The van der Waals surface area contributed by atoms with Crippen molar-refractivity contribution in [1.29, 1.82) is 0 Å². The maximum Gasteiger partial charge on any atom is 0.471 e. The van der Waals surface area contributed by atoms with E-state index in [9.17, 15) is 31.0 Å². The van der Waals surface area contributed by atoms with Gasteiger partial charge in [-0.05, 0) is 35.9 Å². The Kier molecular flexibility index (Phi) is 9.21. The SMILES string of the molecule is Nc1cc(C[S-](=O)=NC(=O)C(F)(F)F)cc(OCCCOc2cc(F)ccc2-c2nc(Cl)ncc2F)c1. The molecule has 0 spiro atoms. The molecule has 0 saturated carbocycles. The number of aromatic nitrogens is 2. The highest BCUT2D eigenvalue weighted by Crippen LogP contribution is 2.32. The van der Waals surface area contributed by atoms with Gasteiger partial charge in [0.05, 0.1) is 19.4 Å². The molecule has 2 aromatic carbocycles. The van der Waals surface area contributed by atoms with Gasteiger partial charge in [-0.3, -0.25) is 4.79 Å². The molecule has 0 atom stereocenters. The van der Waals surface area contributed by atoms with E-state index in [0.717, 1.165) is 18.3 Å². The highest BCUT2D eigenvalue weighted by atomic mass is 35.5. The lowest BCUT2D eigenvalue weighted by atomic mass is 10.1. The number of nitrogens with zero attached hydrogens (tertiary/aromatic N) is 3. The van der Waals surface area contributed by atoms with Crippen LogP contribution in [0.4, 0.5) is 27.6 Å². The molecule has 0 fully saturated rings. The average Bonchev–Trinajstić information content (AvgIpc) is 2.79. The lowest BCUT2D eigenvalue weighted by molar-refractivity contribution is -0.169. The lowest BCUT2D eigenvalue weighted by Gasteiger charge is -2.13. The van der Waals surface area contributed by atoms with Gasteiger partial charge in [0.1, 0.15) is 23.0 Å². The first-order valence-corrected chi connectivity index (χ1v) is 11.9. The molecule has 198 valence electrons. The number of alkyl halides is 3. The predicted octanol–water partition coefficient (Wildman–Crippen LogP) is 5.24. The molecule has 0 aliphatic rings. The molecule has 0 radical (unpaired) electrons. The van der Waals surface area contributed by atoms with Gasteiger partial charge in [0, 0.05) is 29.8 Å². The summed E-state index contributed by atoms with van der Waals surface area (Å²) in [5.74, 6) is -4.10. The van der Waals surface area contributed by atoms with Gasteiger partial charge in [-0.15, -0.1) is 0 Å². The van der Waals surface area contributed by atoms with Crippen LogP contribution < -0.4 is 15.2 Å². The largest absolute Gasteiger partial charge is 0.493 e. The number of benzene rings is 2. The zero-order valence-corrected chi connectivity index (χ0v) is 20.2. The summed E-state index contributed by atoms with van der Waals surface area (Å²) in [6.45, 7) is 0.0930. The van der Waals surface area contributed by atoms with Crippen LogP contribution >= 0.6 is 11.6 Å². The maximum atomic E-state index is 14.2. The molecule has 1 amide bonds. The second kappa shape index (κ2) is 12.1. The van der Waals surface area contributed by atoms with Crippen molar-refractivity contribution in [3.05, 3.63) is 65.1 Å². The van der Waals surface area contributed by atoms with Crippen molar-refractivity contribution >= 4 is 33.8 Å². The fraction of sp³-hybridized carbons (Fsp3) is 0.227. The molecule has 0 aliphatic heterocycles. The number of halogens is 6. The van der Waals surface area contributed by atoms with Gasteiger partial charge in [-0.1, -0.05) is 11.3 Å². The highest BCUT2D eigenvalue weighted by molar-refractivity contribution is 7.74. The van der Waals surface area contributed by atoms with E-state index in [1.54, 1.807) is 0 Å². The number of hydrogen-bond acceptors (Lipinski definition) is 8. The van der Waals surface area contributed by atoms with Crippen molar-refractivity contribution in [3.8, 4) is 22.8 Å². The number of hydrogen-bond donors (Lipinski definition) is 1. The van der Waals surface area contributed by atoms with E-state index in [2.05, 4.69) is 14.3 Å². The number of anilines is 1. The molecule has 0 bridgehead atoms. The normalized spacial score (nSPS) is 12.4. The Labute approximate surface area is 213 Å². The van der Waals surface area contributed by atoms with Crippen molar-refractivity contribution < 1.29 is 40.4 Å². The fourth-order valence-corrected chi connectivity index (χ4v) is 3.89. The van der Waals surface area contributed by atoms with Crippen LogP contribution in [0.3, 0.4) is 0 Å². The van der Waals surface area contributed by atoms with Crippen LogP contribution in [0.1, 0.15) is 12.0 Å². The van der Waals surface area contributed by atoms with Gasteiger partial charge in [0.2, 0.25) is 5.28 Å². The molecule has 37 heavy (non-hydrogen) atoms. The predicted molar refractivity (Wildman–Crippen MR) is 124 cm³/mol. The van der Waals surface area contributed by atoms with Crippen LogP contribution in [0.25, 0.3) is 11.3 Å². The summed E-state index contributed by atoms with van der Waals surface area (Å²) in [7, 11) is -2.47. The average molecular weight is 564 g/mol. The molecule has 0 saturated heterocycles. The van der Waals surface area contributed by atoms with Gasteiger partial charge >= 0.3 is 12.1 Å². The summed E-state index contributed by atoms with van der Waals surface area (Å²) >= 11 is 5.73. The van der Waals surface area contributed by atoms with E-state index in [-0.39, 0.29) is 58.9 Å². The molecule has 3 rings (SSSR count). The number of nitrogen functional groups attached to an aromatic ring is 1. The van der Waals surface area contributed by atoms with Crippen molar-refractivity contribution in [1.82, 2.24) is 9.97 Å². The summed E-state index contributed by atoms with van der Waals surface area (Å²) in [6.07, 6.45) is -4.07. The number of ether oxygens (including phenoxy) is 2. The summed E-state index contributed by atoms with van der Waals surface area (Å²) < 4.78 is 90.3. The van der Waals surface area contributed by atoms with Crippen LogP contribution in [0, 0.1) is 11.6 Å². The molecule has 0 aliphatic carbocycles. The molecule has 8 nitrogen and oxygen atoms in total. The number of carbonyl (C=O) groups is 1. The van der Waals surface area contributed by atoms with Gasteiger partial charge in [0.15, 0.2) is 5.82 Å². The van der Waals surface area contributed by atoms with Gasteiger partial charge in [-0.25, -0.2) is 18.7 Å². The first-order valence-electron chi connectivity index (χ1n) is 10.3. The number of carbonyl (C=O) groups excluding carboxylic acids is 1. The Bertz CT molecular complexity index is 1380. The van der Waals surface area contributed by atoms with Crippen molar-refractivity contribution in [2.75, 3.05) is 18.9 Å². The number of amides is 1. The molecule has 2 N–H and O–H groups in total. The first-order chi connectivity index (χ1) is 17.4. The summed E-state index contributed by atoms with van der Waals surface area (Å²) in [5, 5.41) is -0.203. The zero-order valence-electron chi connectivity index (χ0n) is 18.6. The Morgan fingerprint density at radius 2 is 1.84 bits per heavy atom. The van der Waals surface area contributed by atoms with E-state index in [0.29, 0.717) is 0 Å². The zero-order chi connectivity index (χ0) is 27.2. The quantitative estimate of drug-likeness (QED) is 0.124. The van der Waals surface area contributed by atoms with Crippen LogP contribution in [-0.4, -0.2) is 35.3 Å². The van der Waals surface area contributed by atoms with Crippen LogP contribution in [0.2, 0.25) is 5.28 Å². The smallest absolute Gasteiger partial charge is 0.471 e. The number of nitrogens with two attached hydrogens (primary N) is 1. The van der Waals surface area contributed by atoms with Crippen LogP contribution in [0.5, 0.6) is 11.5 Å². The molecule has 3 aromatic rings. The van der Waals surface area contributed by atoms with E-state index < -0.39 is 40.1 Å². The molecule has 1 heterocycles. The minimum absolute atomic E-state index is 0.0135. The van der Waals surface area contributed by atoms with Crippen molar-refractivity contribution in [2.45, 2.75) is 18.3 Å². The van der Waals surface area contributed by atoms with Crippen molar-refractivity contribution in [2.24, 2.45) is 4.36 Å². The topological polar surface area (TPSA) is 117 Å². The molecular formula is C22H17ClF5N4O4S-. The van der Waals surface area contributed by atoms with E-state index in [4.69, 9.17) is 26.8 Å². The Morgan fingerprint density at radius 3 is 2.57 bits per heavy atom. The third-order valence-electron chi connectivity index (χ3n) is 4.43.